The summed E-state index contributed by atoms with van der Waals surface area (Å²) in [6, 6.07) is 194. The molecule has 0 atom stereocenters. The number of para-hydroxylation sites is 19. The van der Waals surface area contributed by atoms with Crippen molar-refractivity contribution in [3.63, 3.8) is 0 Å². The Balaban J connectivity index is 0.000000109. The quantitative estimate of drug-likeness (QED) is 0.102. The van der Waals surface area contributed by atoms with Crippen LogP contribution in [0.2, 0.25) is 0 Å². The summed E-state index contributed by atoms with van der Waals surface area (Å²) >= 11 is 0. The second kappa shape index (κ2) is 35.7. The van der Waals surface area contributed by atoms with E-state index in [0.29, 0.717) is 0 Å². The lowest BCUT2D eigenvalue weighted by Gasteiger charge is -2.26. The lowest BCUT2D eigenvalue weighted by Crippen LogP contribution is -2.10. The van der Waals surface area contributed by atoms with Crippen LogP contribution in [0.15, 0.2) is 546 Å². The molecule has 0 N–H and O–H groups in total. The average molecular weight is 1880 g/mol. The number of anilines is 3. The predicted octanol–water partition coefficient (Wildman–Crippen LogP) is 34.7. The maximum atomic E-state index is 5.28. The van der Waals surface area contributed by atoms with E-state index in [9.17, 15) is 0 Å². The van der Waals surface area contributed by atoms with E-state index in [-0.39, 0.29) is 0 Å². The minimum Gasteiger partial charge on any atom is -0.310 e. The maximum Gasteiger partial charge on any atom is 0.145 e. The first-order valence-electron chi connectivity index (χ1n) is 50.0. The minimum absolute atomic E-state index is 0.843. The topological polar surface area (TPSA) is 81.3 Å². The molecule has 0 saturated carbocycles. The zero-order valence-electron chi connectivity index (χ0n) is 79.8. The monoisotopic (exact) mass is 1880 g/mol. The first kappa shape index (κ1) is 85.1. The molecule has 0 amide bonds. The molecule has 0 aliphatic carbocycles. The van der Waals surface area contributed by atoms with Crippen LogP contribution in [-0.4, -0.2) is 51.5 Å². The summed E-state index contributed by atoms with van der Waals surface area (Å²) in [7, 11) is 0. The summed E-state index contributed by atoms with van der Waals surface area (Å²) in [5.74, 6) is 2.53. The third-order valence-electron chi connectivity index (χ3n) is 29.0. The van der Waals surface area contributed by atoms with Gasteiger partial charge in [0.2, 0.25) is 0 Å². The van der Waals surface area contributed by atoms with Crippen molar-refractivity contribution >= 4 is 159 Å². The molecule has 0 aliphatic heterocycles. The van der Waals surface area contributed by atoms with Crippen molar-refractivity contribution in [3.05, 3.63) is 546 Å². The fourth-order valence-corrected chi connectivity index (χ4v) is 22.5. The third kappa shape index (κ3) is 14.6. The molecule has 0 unspecified atom stereocenters. The smallest absolute Gasteiger partial charge is 0.145 e. The Morgan fingerprint density at radius 3 is 0.476 bits per heavy atom. The first-order chi connectivity index (χ1) is 73.0. The maximum absolute atomic E-state index is 5.28. The largest absolute Gasteiger partial charge is 0.310 e. The molecule has 12 heteroatoms. The molecule has 8 aromatic heterocycles. The molecule has 0 spiro atoms. The SMILES string of the molecule is c1ccc(-n2c(-c3cc(-c4nc5ccccc5n4-c4ccccc4)cc(-c4nc5ccccc5n4-c4ccccc4)c3)nc3ccccc32)cc1.c1ccc2c(c1)c1ccccc1n2-c1ccc(-c2ccc(-n3c4ccccc4c4ccccc43)cc2)cc1.c1ccc2c(c1)c1ccccc1n2-c1ccc(N(c2ccc(-n3c4ccccc4c4ccccc43)cc2)c2ccc(-n3c4ccccc4c4ccccc43)cc2)cc1. The third-order valence-corrected chi connectivity index (χ3v) is 29.0. The van der Waals surface area contributed by atoms with Gasteiger partial charge in [0.1, 0.15) is 17.5 Å². The van der Waals surface area contributed by atoms with Crippen LogP contribution in [0.3, 0.4) is 0 Å². The van der Waals surface area contributed by atoms with E-state index in [1.807, 2.05) is 36.4 Å². The zero-order valence-corrected chi connectivity index (χ0v) is 79.8. The second-order valence-electron chi connectivity index (χ2n) is 37.4. The van der Waals surface area contributed by atoms with Crippen molar-refractivity contribution in [1.29, 1.82) is 0 Å². The van der Waals surface area contributed by atoms with E-state index in [4.69, 9.17) is 15.0 Å². The number of benzene rings is 22. The number of fused-ring (bicyclic) bond motifs is 18. The van der Waals surface area contributed by atoms with Crippen molar-refractivity contribution < 1.29 is 0 Å². The first-order valence-corrected chi connectivity index (χ1v) is 50.0. The van der Waals surface area contributed by atoms with E-state index >= 15 is 0 Å². The molecule has 0 radical (unpaired) electrons. The average Bonchev–Trinajstić information content (AvgIpc) is 1.61. The van der Waals surface area contributed by atoms with Crippen LogP contribution in [0.4, 0.5) is 17.1 Å². The van der Waals surface area contributed by atoms with Crippen molar-refractivity contribution in [1.82, 2.24) is 51.5 Å². The van der Waals surface area contributed by atoms with Crippen LogP contribution in [0.5, 0.6) is 0 Å². The van der Waals surface area contributed by atoms with E-state index < -0.39 is 0 Å². The van der Waals surface area contributed by atoms with Crippen molar-refractivity contribution in [2.45, 2.75) is 0 Å². The highest BCUT2D eigenvalue weighted by Crippen LogP contribution is 2.46. The van der Waals surface area contributed by atoms with Crippen LogP contribution in [0, 0.1) is 0 Å². The molecule has 147 heavy (non-hydrogen) atoms. The fraction of sp³-hybridized carbons (Fsp3) is 0. The summed E-state index contributed by atoms with van der Waals surface area (Å²) in [5, 5.41) is 12.7. The lowest BCUT2D eigenvalue weighted by molar-refractivity contribution is 1.09. The molecule has 12 nitrogen and oxygen atoms in total. The van der Waals surface area contributed by atoms with Gasteiger partial charge in [-0.3, -0.25) is 13.7 Å². The van der Waals surface area contributed by atoms with Crippen LogP contribution < -0.4 is 4.90 Å². The molecular weight excluding hydrogens is 1790 g/mol. The summed E-state index contributed by atoms with van der Waals surface area (Å²) in [6.07, 6.45) is 0. The van der Waals surface area contributed by atoms with Crippen LogP contribution >= 0.6 is 0 Å². The molecule has 22 aromatic carbocycles. The Labute approximate surface area is 846 Å². The predicted molar refractivity (Wildman–Crippen MR) is 611 cm³/mol. The van der Waals surface area contributed by atoms with Crippen molar-refractivity contribution in [2.75, 3.05) is 4.90 Å². The van der Waals surface area contributed by atoms with Crippen molar-refractivity contribution in [3.8, 4) is 90.8 Å². The number of hydrogen-bond acceptors (Lipinski definition) is 4. The molecule has 690 valence electrons. The van der Waals surface area contributed by atoms with E-state index in [1.165, 1.54) is 132 Å². The van der Waals surface area contributed by atoms with Gasteiger partial charge in [0, 0.05) is 133 Å². The Bertz CT molecular complexity index is 9170. The van der Waals surface area contributed by atoms with Gasteiger partial charge in [-0.25, -0.2) is 15.0 Å². The van der Waals surface area contributed by atoms with Gasteiger partial charge in [-0.2, -0.15) is 0 Å². The molecule has 0 aliphatic rings. The molecular formula is C135H90N12. The highest BCUT2D eigenvalue weighted by atomic mass is 15.2. The van der Waals surface area contributed by atoms with Crippen LogP contribution in [0.25, 0.3) is 233 Å². The van der Waals surface area contributed by atoms with Gasteiger partial charge in [0.05, 0.1) is 88.3 Å². The molecule has 8 heterocycles. The molecule has 0 fully saturated rings. The van der Waals surface area contributed by atoms with Gasteiger partial charge in [0.25, 0.3) is 0 Å². The molecule has 0 bridgehead atoms. The molecule has 0 saturated heterocycles. The lowest BCUT2D eigenvalue weighted by atomic mass is 10.0. The summed E-state index contributed by atoms with van der Waals surface area (Å²) < 4.78 is 18.6. The number of rotatable bonds is 15. The second-order valence-corrected chi connectivity index (χ2v) is 37.4. The van der Waals surface area contributed by atoms with Gasteiger partial charge in [-0.15, -0.1) is 0 Å². The standard InChI is InChI=1S/C54H36N4.C45H30N6.C36H24N2/c1-7-19-49-43(13-1)44-14-2-8-20-50(44)56(49)40-31-25-37(26-32-40)55(38-27-33-41(34-28-38)57-51-21-9-3-15-45(51)46-16-4-10-22-52(46)57)39-29-35-42(36-30-39)58-53-23-11-5-17-47(53)48-18-6-12-24-54(48)58;1-4-16-34(17-5-1)49-40-25-13-10-22-37(40)46-43(49)31-28-32(44-47-38-23-11-14-26-41(38)50(44)35-18-6-2-7-19-35)30-33(29-31)45-48-39-24-12-15-27-42(39)51(45)36-20-8-3-9-21-36;1-5-13-33-29(9-1)30-10-2-6-14-34(30)37(33)27-21-17-25(18-22-27)26-19-23-28(24-20-26)38-35-15-7-3-11-31(35)32-12-4-8-16-36(32)38/h1-36H;1-30H;1-24H. The van der Waals surface area contributed by atoms with Crippen LogP contribution in [-0.2, 0) is 0 Å². The van der Waals surface area contributed by atoms with E-state index in [2.05, 4.69) is 551 Å². The summed E-state index contributed by atoms with van der Waals surface area (Å²) in [6.45, 7) is 0. The zero-order chi connectivity index (χ0) is 96.9. The Morgan fingerprint density at radius 2 is 0.279 bits per heavy atom. The van der Waals surface area contributed by atoms with Gasteiger partial charge in [-0.05, 0) is 260 Å². The fourth-order valence-electron chi connectivity index (χ4n) is 22.5. The van der Waals surface area contributed by atoms with E-state index in [0.717, 1.165) is 118 Å². The van der Waals surface area contributed by atoms with Gasteiger partial charge in [0.15, 0.2) is 0 Å². The van der Waals surface area contributed by atoms with E-state index in [1.54, 1.807) is 0 Å². The van der Waals surface area contributed by atoms with Gasteiger partial charge in [-0.1, -0.05) is 297 Å². The highest BCUT2D eigenvalue weighted by Gasteiger charge is 2.27. The summed E-state index contributed by atoms with van der Waals surface area (Å²) in [5.41, 5.74) is 35.5. The number of aromatic nitrogens is 11. The molecule has 30 rings (SSSR count). The normalized spacial score (nSPS) is 11.7. The van der Waals surface area contributed by atoms with Gasteiger partial charge < -0.3 is 27.7 Å². The number of imidazole rings is 3. The summed E-state index contributed by atoms with van der Waals surface area (Å²) in [4.78, 5) is 18.2. The Kier molecular flexibility index (Phi) is 20.6. The van der Waals surface area contributed by atoms with Crippen molar-refractivity contribution in [2.24, 2.45) is 0 Å². The van der Waals surface area contributed by atoms with Gasteiger partial charge >= 0.3 is 0 Å². The minimum atomic E-state index is 0.843. The Hall–Kier alpha value is -20.0. The van der Waals surface area contributed by atoms with Crippen LogP contribution in [0.1, 0.15) is 0 Å². The number of nitrogens with zero attached hydrogens (tertiary/aromatic N) is 12. The molecule has 30 aromatic rings. The highest BCUT2D eigenvalue weighted by molar-refractivity contribution is 6.14. The number of hydrogen-bond donors (Lipinski definition) is 0. The Morgan fingerprint density at radius 1 is 0.122 bits per heavy atom.